The molecule has 14 heavy (non-hydrogen) atoms. The number of benzene rings is 1. The molecule has 2 nitrogen and oxygen atoms in total. The van der Waals surface area contributed by atoms with Crippen LogP contribution in [0.15, 0.2) is 28.7 Å². The van der Waals surface area contributed by atoms with Gasteiger partial charge in [-0.1, -0.05) is 24.3 Å². The van der Waals surface area contributed by atoms with Crippen molar-refractivity contribution in [3.05, 3.63) is 34.3 Å². The highest BCUT2D eigenvalue weighted by Gasteiger charge is 2.03. The largest absolute Gasteiger partial charge is 0.495 e. The molecular formula is C11H14BrNO. The molecule has 0 saturated heterocycles. The summed E-state index contributed by atoms with van der Waals surface area (Å²) < 4.78 is 6.22. The first-order valence-corrected chi connectivity index (χ1v) is 5.20. The zero-order valence-corrected chi connectivity index (χ0v) is 9.91. The summed E-state index contributed by atoms with van der Waals surface area (Å²) in [5.74, 6) is 0.837. The third kappa shape index (κ3) is 2.86. The van der Waals surface area contributed by atoms with Crippen molar-refractivity contribution in [1.29, 1.82) is 0 Å². The summed E-state index contributed by atoms with van der Waals surface area (Å²) in [6.45, 7) is 1.93. The molecule has 0 radical (unpaired) electrons. The zero-order chi connectivity index (χ0) is 10.6. The van der Waals surface area contributed by atoms with Crippen LogP contribution in [-0.4, -0.2) is 13.2 Å². The molecule has 0 aromatic heterocycles. The lowest BCUT2D eigenvalue weighted by Crippen LogP contribution is -2.09. The molecule has 0 heterocycles. The standard InChI is InChI=1S/C11H14BrNO/c1-8(13)6-7-9-4-3-5-10(12)11(9)14-2/h3-8H,13H2,1-2H3/b7-6+. The molecule has 0 amide bonds. The molecule has 1 unspecified atom stereocenters. The molecule has 1 atom stereocenters. The van der Waals surface area contributed by atoms with Gasteiger partial charge in [-0.2, -0.15) is 0 Å². The SMILES string of the molecule is COc1c(Br)cccc1/C=C/C(C)N. The second-order valence-electron chi connectivity index (χ2n) is 3.08. The van der Waals surface area contributed by atoms with Crippen LogP contribution < -0.4 is 10.5 Å². The average molecular weight is 256 g/mol. The van der Waals surface area contributed by atoms with E-state index in [4.69, 9.17) is 10.5 Å². The summed E-state index contributed by atoms with van der Waals surface area (Å²) in [5.41, 5.74) is 6.66. The Morgan fingerprint density at radius 3 is 2.79 bits per heavy atom. The second kappa shape index (κ2) is 5.17. The number of rotatable bonds is 3. The highest BCUT2D eigenvalue weighted by atomic mass is 79.9. The maximum absolute atomic E-state index is 5.63. The summed E-state index contributed by atoms with van der Waals surface area (Å²) in [7, 11) is 1.66. The summed E-state index contributed by atoms with van der Waals surface area (Å²) in [6.07, 6.45) is 3.90. The Hall–Kier alpha value is -0.800. The minimum Gasteiger partial charge on any atom is -0.495 e. The first kappa shape index (κ1) is 11.3. The maximum Gasteiger partial charge on any atom is 0.140 e. The number of hydrogen-bond acceptors (Lipinski definition) is 2. The minimum atomic E-state index is 0.0543. The van der Waals surface area contributed by atoms with E-state index in [1.807, 2.05) is 37.3 Å². The van der Waals surface area contributed by atoms with Gasteiger partial charge in [-0.15, -0.1) is 0 Å². The van der Waals surface area contributed by atoms with Crippen molar-refractivity contribution in [3.63, 3.8) is 0 Å². The van der Waals surface area contributed by atoms with E-state index in [0.29, 0.717) is 0 Å². The topological polar surface area (TPSA) is 35.2 Å². The van der Waals surface area contributed by atoms with Gasteiger partial charge in [0.25, 0.3) is 0 Å². The molecule has 0 fully saturated rings. The normalized spacial score (nSPS) is 13.1. The molecule has 1 rings (SSSR count). The number of methoxy groups -OCH3 is 1. The molecule has 3 heteroatoms. The van der Waals surface area contributed by atoms with Gasteiger partial charge in [-0.05, 0) is 28.9 Å². The Bertz CT molecular complexity index is 334. The van der Waals surface area contributed by atoms with Gasteiger partial charge in [0, 0.05) is 11.6 Å². The molecule has 76 valence electrons. The summed E-state index contributed by atoms with van der Waals surface area (Å²) in [4.78, 5) is 0. The molecule has 0 aliphatic heterocycles. The van der Waals surface area contributed by atoms with Crippen LogP contribution >= 0.6 is 15.9 Å². The van der Waals surface area contributed by atoms with E-state index in [0.717, 1.165) is 15.8 Å². The Morgan fingerprint density at radius 1 is 1.50 bits per heavy atom. The quantitative estimate of drug-likeness (QED) is 0.902. The van der Waals surface area contributed by atoms with Crippen molar-refractivity contribution >= 4 is 22.0 Å². The number of halogens is 1. The Labute approximate surface area is 92.9 Å². The number of ether oxygens (including phenoxy) is 1. The van der Waals surface area contributed by atoms with E-state index >= 15 is 0 Å². The van der Waals surface area contributed by atoms with Crippen LogP contribution in [0.3, 0.4) is 0 Å². The first-order valence-electron chi connectivity index (χ1n) is 4.41. The zero-order valence-electron chi connectivity index (χ0n) is 8.33. The van der Waals surface area contributed by atoms with Crippen LogP contribution in [-0.2, 0) is 0 Å². The molecule has 0 bridgehead atoms. The highest BCUT2D eigenvalue weighted by molar-refractivity contribution is 9.10. The molecule has 1 aromatic rings. The van der Waals surface area contributed by atoms with Crippen molar-refractivity contribution in [2.24, 2.45) is 5.73 Å². The Morgan fingerprint density at radius 2 is 2.21 bits per heavy atom. The molecule has 0 spiro atoms. The lowest BCUT2D eigenvalue weighted by molar-refractivity contribution is 0.411. The third-order valence-corrected chi connectivity index (χ3v) is 2.41. The van der Waals surface area contributed by atoms with Gasteiger partial charge in [0.05, 0.1) is 11.6 Å². The van der Waals surface area contributed by atoms with E-state index < -0.39 is 0 Å². The Balaban J connectivity index is 3.02. The first-order chi connectivity index (χ1) is 6.65. The van der Waals surface area contributed by atoms with Crippen LogP contribution in [0.25, 0.3) is 6.08 Å². The highest BCUT2D eigenvalue weighted by Crippen LogP contribution is 2.29. The van der Waals surface area contributed by atoms with E-state index in [2.05, 4.69) is 15.9 Å². The summed E-state index contributed by atoms with van der Waals surface area (Å²) >= 11 is 3.42. The third-order valence-electron chi connectivity index (χ3n) is 1.78. The predicted octanol–water partition coefficient (Wildman–Crippen LogP) is 2.82. The van der Waals surface area contributed by atoms with Gasteiger partial charge < -0.3 is 10.5 Å². The Kier molecular flexibility index (Phi) is 4.17. The van der Waals surface area contributed by atoms with Crippen molar-refractivity contribution < 1.29 is 4.74 Å². The average Bonchev–Trinajstić information content (AvgIpc) is 2.14. The van der Waals surface area contributed by atoms with Crippen molar-refractivity contribution in [2.45, 2.75) is 13.0 Å². The van der Waals surface area contributed by atoms with Gasteiger partial charge in [-0.3, -0.25) is 0 Å². The molecule has 0 aliphatic carbocycles. The van der Waals surface area contributed by atoms with E-state index in [-0.39, 0.29) is 6.04 Å². The molecule has 0 aliphatic rings. The minimum absolute atomic E-state index is 0.0543. The van der Waals surface area contributed by atoms with Gasteiger partial charge in [0.2, 0.25) is 0 Å². The van der Waals surface area contributed by atoms with E-state index in [9.17, 15) is 0 Å². The smallest absolute Gasteiger partial charge is 0.140 e. The number of nitrogens with two attached hydrogens (primary N) is 1. The van der Waals surface area contributed by atoms with Crippen LogP contribution in [0.5, 0.6) is 5.75 Å². The molecule has 1 aromatic carbocycles. The van der Waals surface area contributed by atoms with E-state index in [1.165, 1.54) is 0 Å². The van der Waals surface area contributed by atoms with Crippen molar-refractivity contribution in [1.82, 2.24) is 0 Å². The van der Waals surface area contributed by atoms with Gasteiger partial charge >= 0.3 is 0 Å². The van der Waals surface area contributed by atoms with Gasteiger partial charge in [0.15, 0.2) is 0 Å². The molecule has 2 N–H and O–H groups in total. The fourth-order valence-electron chi connectivity index (χ4n) is 1.13. The number of hydrogen-bond donors (Lipinski definition) is 1. The molecule has 0 saturated carbocycles. The fraction of sp³-hybridized carbons (Fsp3) is 0.273. The molecular weight excluding hydrogens is 242 g/mol. The summed E-state index contributed by atoms with van der Waals surface area (Å²) in [6, 6.07) is 5.96. The lowest BCUT2D eigenvalue weighted by Gasteiger charge is -2.06. The number of para-hydroxylation sites is 1. The predicted molar refractivity (Wildman–Crippen MR) is 63.4 cm³/mol. The van der Waals surface area contributed by atoms with Crippen molar-refractivity contribution in [3.8, 4) is 5.75 Å². The van der Waals surface area contributed by atoms with Crippen molar-refractivity contribution in [2.75, 3.05) is 7.11 Å². The van der Waals surface area contributed by atoms with Crippen LogP contribution in [0, 0.1) is 0 Å². The summed E-state index contributed by atoms with van der Waals surface area (Å²) in [5, 5.41) is 0. The van der Waals surface area contributed by atoms with Crippen LogP contribution in [0.2, 0.25) is 0 Å². The lowest BCUT2D eigenvalue weighted by atomic mass is 10.1. The van der Waals surface area contributed by atoms with Crippen LogP contribution in [0.4, 0.5) is 0 Å². The fourth-order valence-corrected chi connectivity index (χ4v) is 1.67. The maximum atomic E-state index is 5.63. The van der Waals surface area contributed by atoms with Gasteiger partial charge in [0.1, 0.15) is 5.75 Å². The second-order valence-corrected chi connectivity index (χ2v) is 3.93. The van der Waals surface area contributed by atoms with Crippen LogP contribution in [0.1, 0.15) is 12.5 Å². The monoisotopic (exact) mass is 255 g/mol. The van der Waals surface area contributed by atoms with E-state index in [1.54, 1.807) is 7.11 Å². The van der Waals surface area contributed by atoms with Gasteiger partial charge in [-0.25, -0.2) is 0 Å².